The Hall–Kier alpha value is -1.11. The summed E-state index contributed by atoms with van der Waals surface area (Å²) in [5, 5.41) is 4.19. The smallest absolute Gasteiger partial charge is 0.161 e. The molecule has 2 atom stereocenters. The van der Waals surface area contributed by atoms with Gasteiger partial charge in [-0.2, -0.15) is 5.10 Å². The Bertz CT molecular complexity index is 393. The van der Waals surface area contributed by atoms with Crippen LogP contribution in [0, 0.1) is 0 Å². The van der Waals surface area contributed by atoms with Gasteiger partial charge in [-0.1, -0.05) is 6.92 Å². The van der Waals surface area contributed by atoms with Gasteiger partial charge in [0, 0.05) is 20.1 Å². The predicted molar refractivity (Wildman–Crippen MR) is 68.5 cm³/mol. The molecule has 0 bridgehead atoms. The molecule has 1 aliphatic heterocycles. The topological polar surface area (TPSA) is 65.5 Å². The van der Waals surface area contributed by atoms with Gasteiger partial charge in [0.2, 0.25) is 0 Å². The van der Waals surface area contributed by atoms with Crippen molar-refractivity contribution in [2.24, 2.45) is 12.8 Å². The molecule has 6 heteroatoms. The van der Waals surface area contributed by atoms with Crippen molar-refractivity contribution < 1.29 is 9.47 Å². The highest BCUT2D eigenvalue weighted by Crippen LogP contribution is 2.27. The summed E-state index contributed by atoms with van der Waals surface area (Å²) in [7, 11) is 3.51. The summed E-state index contributed by atoms with van der Waals surface area (Å²) in [4.78, 5) is 2.34. The second-order valence-corrected chi connectivity index (χ2v) is 4.55. The molecule has 1 saturated heterocycles. The summed E-state index contributed by atoms with van der Waals surface area (Å²) < 4.78 is 12.8. The fourth-order valence-electron chi connectivity index (χ4n) is 2.38. The molecule has 2 N–H and O–H groups in total. The molecule has 0 radical (unpaired) electrons. The number of hydrogen-bond acceptors (Lipinski definition) is 5. The zero-order valence-electron chi connectivity index (χ0n) is 11.3. The van der Waals surface area contributed by atoms with Crippen molar-refractivity contribution in [3.8, 4) is 5.75 Å². The molecule has 18 heavy (non-hydrogen) atoms. The number of morpholine rings is 1. The third-order valence-corrected chi connectivity index (χ3v) is 3.51. The Kier molecular flexibility index (Phi) is 4.21. The SMILES string of the molecule is CCN1CCOC(C(N)c2c(OC)cnn2C)C1. The number of aryl methyl sites for hydroxylation is 1. The van der Waals surface area contributed by atoms with Crippen LogP contribution in [-0.4, -0.2) is 54.1 Å². The molecule has 0 saturated carbocycles. The summed E-state index contributed by atoms with van der Waals surface area (Å²) >= 11 is 0. The average molecular weight is 254 g/mol. The first-order valence-corrected chi connectivity index (χ1v) is 6.32. The van der Waals surface area contributed by atoms with Gasteiger partial charge in [0.05, 0.1) is 37.8 Å². The summed E-state index contributed by atoms with van der Waals surface area (Å²) in [5.74, 6) is 0.724. The zero-order valence-corrected chi connectivity index (χ0v) is 11.3. The molecule has 1 aromatic rings. The van der Waals surface area contributed by atoms with Gasteiger partial charge >= 0.3 is 0 Å². The van der Waals surface area contributed by atoms with E-state index in [1.165, 1.54) is 0 Å². The van der Waals surface area contributed by atoms with Crippen molar-refractivity contribution in [2.45, 2.75) is 19.1 Å². The van der Waals surface area contributed by atoms with E-state index < -0.39 is 0 Å². The van der Waals surface area contributed by atoms with Crippen LogP contribution in [0.1, 0.15) is 18.7 Å². The third kappa shape index (κ3) is 2.50. The van der Waals surface area contributed by atoms with Gasteiger partial charge in [-0.15, -0.1) is 0 Å². The molecule has 0 aliphatic carbocycles. The lowest BCUT2D eigenvalue weighted by atomic mass is 10.1. The van der Waals surface area contributed by atoms with Crippen molar-refractivity contribution >= 4 is 0 Å². The fourth-order valence-corrected chi connectivity index (χ4v) is 2.38. The second kappa shape index (κ2) is 5.69. The highest BCUT2D eigenvalue weighted by molar-refractivity contribution is 5.28. The molecule has 0 amide bonds. The summed E-state index contributed by atoms with van der Waals surface area (Å²) in [6.45, 7) is 5.73. The van der Waals surface area contributed by atoms with E-state index in [-0.39, 0.29) is 12.1 Å². The summed E-state index contributed by atoms with van der Waals surface area (Å²) in [5.41, 5.74) is 7.21. The van der Waals surface area contributed by atoms with Gasteiger partial charge in [0.25, 0.3) is 0 Å². The lowest BCUT2D eigenvalue weighted by Crippen LogP contribution is -2.47. The van der Waals surface area contributed by atoms with Crippen molar-refractivity contribution in [3.63, 3.8) is 0 Å². The maximum atomic E-state index is 6.32. The van der Waals surface area contributed by atoms with Crippen LogP contribution in [0.5, 0.6) is 5.75 Å². The lowest BCUT2D eigenvalue weighted by Gasteiger charge is -2.35. The number of likely N-dealkylation sites (N-methyl/N-ethyl adjacent to an activating group) is 1. The molecule has 2 heterocycles. The molecule has 1 aliphatic rings. The number of methoxy groups -OCH3 is 1. The van der Waals surface area contributed by atoms with Crippen LogP contribution in [0.25, 0.3) is 0 Å². The minimum atomic E-state index is -0.221. The quantitative estimate of drug-likeness (QED) is 0.828. The first-order chi connectivity index (χ1) is 8.67. The molecule has 2 rings (SSSR count). The van der Waals surface area contributed by atoms with E-state index in [1.54, 1.807) is 18.0 Å². The van der Waals surface area contributed by atoms with Crippen LogP contribution in [0.15, 0.2) is 6.20 Å². The first-order valence-electron chi connectivity index (χ1n) is 6.32. The zero-order chi connectivity index (χ0) is 13.1. The standard InChI is InChI=1S/C12H22N4O2/c1-4-16-5-6-18-10(8-16)11(13)12-9(17-3)7-14-15(12)2/h7,10-11H,4-6,8,13H2,1-3H3. The van der Waals surface area contributed by atoms with Crippen LogP contribution in [0.3, 0.4) is 0 Å². The molecule has 1 aromatic heterocycles. The van der Waals surface area contributed by atoms with E-state index in [2.05, 4.69) is 16.9 Å². The second-order valence-electron chi connectivity index (χ2n) is 4.55. The average Bonchev–Trinajstić information content (AvgIpc) is 2.79. The number of aromatic nitrogens is 2. The molecule has 102 valence electrons. The van der Waals surface area contributed by atoms with Crippen LogP contribution < -0.4 is 10.5 Å². The molecule has 2 unspecified atom stereocenters. The lowest BCUT2D eigenvalue weighted by molar-refractivity contribution is -0.0406. The molecule has 0 aromatic carbocycles. The number of nitrogens with two attached hydrogens (primary N) is 1. The van der Waals surface area contributed by atoms with E-state index in [1.807, 2.05) is 7.05 Å². The van der Waals surface area contributed by atoms with E-state index in [0.717, 1.165) is 37.7 Å². The Morgan fingerprint density at radius 1 is 1.67 bits per heavy atom. The third-order valence-electron chi connectivity index (χ3n) is 3.51. The van der Waals surface area contributed by atoms with Gasteiger partial charge in [-0.3, -0.25) is 9.58 Å². The van der Waals surface area contributed by atoms with E-state index >= 15 is 0 Å². The van der Waals surface area contributed by atoms with Gasteiger partial charge in [0.1, 0.15) is 0 Å². The van der Waals surface area contributed by atoms with Crippen LogP contribution in [-0.2, 0) is 11.8 Å². The molecule has 6 nitrogen and oxygen atoms in total. The van der Waals surface area contributed by atoms with Crippen molar-refractivity contribution in [3.05, 3.63) is 11.9 Å². The molecule has 1 fully saturated rings. The summed E-state index contributed by atoms with van der Waals surface area (Å²) in [6.07, 6.45) is 1.68. The first kappa shape index (κ1) is 13.3. The Morgan fingerprint density at radius 2 is 2.44 bits per heavy atom. The Morgan fingerprint density at radius 3 is 3.11 bits per heavy atom. The highest BCUT2D eigenvalue weighted by atomic mass is 16.5. The number of ether oxygens (including phenoxy) is 2. The van der Waals surface area contributed by atoms with Crippen molar-refractivity contribution in [1.82, 2.24) is 14.7 Å². The fraction of sp³-hybridized carbons (Fsp3) is 0.750. The van der Waals surface area contributed by atoms with E-state index in [4.69, 9.17) is 15.2 Å². The van der Waals surface area contributed by atoms with Gasteiger partial charge < -0.3 is 15.2 Å². The van der Waals surface area contributed by atoms with Crippen molar-refractivity contribution in [2.75, 3.05) is 33.4 Å². The van der Waals surface area contributed by atoms with E-state index in [0.29, 0.717) is 0 Å². The Labute approximate surface area is 108 Å². The van der Waals surface area contributed by atoms with Crippen LogP contribution >= 0.6 is 0 Å². The van der Waals surface area contributed by atoms with E-state index in [9.17, 15) is 0 Å². The predicted octanol–water partition coefficient (Wildman–Crippen LogP) is 0.149. The minimum Gasteiger partial charge on any atom is -0.493 e. The van der Waals surface area contributed by atoms with Crippen LogP contribution in [0.2, 0.25) is 0 Å². The summed E-state index contributed by atoms with van der Waals surface area (Å²) in [6, 6.07) is -0.221. The Balaban J connectivity index is 2.14. The molecular formula is C12H22N4O2. The maximum absolute atomic E-state index is 6.32. The normalized spacial score (nSPS) is 23.0. The van der Waals surface area contributed by atoms with Gasteiger partial charge in [-0.25, -0.2) is 0 Å². The number of rotatable bonds is 4. The van der Waals surface area contributed by atoms with Crippen molar-refractivity contribution in [1.29, 1.82) is 0 Å². The highest BCUT2D eigenvalue weighted by Gasteiger charge is 2.30. The number of hydrogen-bond donors (Lipinski definition) is 1. The molecular weight excluding hydrogens is 232 g/mol. The number of nitrogens with zero attached hydrogens (tertiary/aromatic N) is 3. The molecule has 0 spiro atoms. The largest absolute Gasteiger partial charge is 0.493 e. The van der Waals surface area contributed by atoms with Gasteiger partial charge in [-0.05, 0) is 6.54 Å². The van der Waals surface area contributed by atoms with Gasteiger partial charge in [0.15, 0.2) is 5.75 Å². The minimum absolute atomic E-state index is 0.0111. The van der Waals surface area contributed by atoms with Crippen LogP contribution in [0.4, 0.5) is 0 Å². The monoisotopic (exact) mass is 254 g/mol. The maximum Gasteiger partial charge on any atom is 0.161 e.